The Balaban J connectivity index is 1.87. The number of benzene rings is 2. The van der Waals surface area contributed by atoms with Crippen molar-refractivity contribution in [1.29, 1.82) is 0 Å². The summed E-state index contributed by atoms with van der Waals surface area (Å²) in [5.74, 6) is -1.69. The molecule has 138 valence electrons. The van der Waals surface area contributed by atoms with Gasteiger partial charge in [0.05, 0.1) is 18.2 Å². The van der Waals surface area contributed by atoms with Gasteiger partial charge in [0.15, 0.2) is 0 Å². The third-order valence-corrected chi connectivity index (χ3v) is 4.29. The molecule has 0 fully saturated rings. The van der Waals surface area contributed by atoms with Crippen molar-refractivity contribution in [2.24, 2.45) is 0 Å². The lowest BCUT2D eigenvalue weighted by Gasteiger charge is -2.18. The van der Waals surface area contributed by atoms with Crippen LogP contribution in [0, 0.1) is 0 Å². The molecule has 1 heterocycles. The summed E-state index contributed by atoms with van der Waals surface area (Å²) in [6, 6.07) is 15.8. The van der Waals surface area contributed by atoms with Crippen molar-refractivity contribution in [3.8, 4) is 5.69 Å². The molecule has 3 aromatic rings. The summed E-state index contributed by atoms with van der Waals surface area (Å²) in [5, 5.41) is 14.9. The first-order chi connectivity index (χ1) is 13.0. The molecule has 0 aliphatic rings. The maximum atomic E-state index is 12.6. The van der Waals surface area contributed by atoms with Crippen LogP contribution in [0.1, 0.15) is 28.5 Å². The maximum absolute atomic E-state index is 12.6. The van der Waals surface area contributed by atoms with Gasteiger partial charge in [0.25, 0.3) is 11.5 Å². The van der Waals surface area contributed by atoms with E-state index < -0.39 is 23.5 Å². The Morgan fingerprint density at radius 3 is 2.44 bits per heavy atom. The van der Waals surface area contributed by atoms with Gasteiger partial charge in [-0.25, -0.2) is 4.68 Å². The molecule has 3 N–H and O–H groups in total. The molecule has 8 heteroatoms. The minimum absolute atomic E-state index is 0.0197. The van der Waals surface area contributed by atoms with Gasteiger partial charge in [0, 0.05) is 11.1 Å². The number of H-pyrrole nitrogens is 1. The molecule has 0 saturated heterocycles. The molecule has 3 rings (SSSR count). The maximum Gasteiger partial charge on any atom is 0.305 e. The zero-order valence-electron chi connectivity index (χ0n) is 14.1. The Kier molecular flexibility index (Phi) is 5.42. The first kappa shape index (κ1) is 18.5. The van der Waals surface area contributed by atoms with Gasteiger partial charge in [0.1, 0.15) is 5.69 Å². The molecule has 1 atom stereocenters. The fraction of sp³-hybridized carbons (Fsp3) is 0.105. The molecule has 0 bridgehead atoms. The topological polar surface area (TPSA) is 104 Å². The van der Waals surface area contributed by atoms with Crippen molar-refractivity contribution >= 4 is 23.5 Å². The number of aromatic amines is 1. The van der Waals surface area contributed by atoms with E-state index in [2.05, 4.69) is 10.4 Å². The lowest BCUT2D eigenvalue weighted by atomic mass is 10.0. The van der Waals surface area contributed by atoms with Crippen LogP contribution in [0.2, 0.25) is 5.02 Å². The number of para-hydroxylation sites is 1. The van der Waals surface area contributed by atoms with Crippen molar-refractivity contribution in [3.63, 3.8) is 0 Å². The fourth-order valence-corrected chi connectivity index (χ4v) is 2.96. The van der Waals surface area contributed by atoms with Gasteiger partial charge in [-0.2, -0.15) is 0 Å². The van der Waals surface area contributed by atoms with E-state index in [9.17, 15) is 14.4 Å². The highest BCUT2D eigenvalue weighted by molar-refractivity contribution is 6.31. The van der Waals surface area contributed by atoms with Gasteiger partial charge in [-0.05, 0) is 23.8 Å². The summed E-state index contributed by atoms with van der Waals surface area (Å²) < 4.78 is 1.23. The number of aromatic nitrogens is 2. The number of nitrogens with zero attached hydrogens (tertiary/aromatic N) is 1. The average Bonchev–Trinajstić information content (AvgIpc) is 3.04. The average molecular weight is 386 g/mol. The van der Waals surface area contributed by atoms with Crippen molar-refractivity contribution < 1.29 is 14.7 Å². The molecule has 1 aromatic heterocycles. The molecule has 1 amide bonds. The van der Waals surface area contributed by atoms with Gasteiger partial charge in [0.2, 0.25) is 0 Å². The van der Waals surface area contributed by atoms with E-state index in [1.165, 1.54) is 4.68 Å². The van der Waals surface area contributed by atoms with Gasteiger partial charge in [-0.15, -0.1) is 0 Å². The van der Waals surface area contributed by atoms with Crippen LogP contribution in [-0.4, -0.2) is 26.8 Å². The first-order valence-corrected chi connectivity index (χ1v) is 8.48. The Morgan fingerprint density at radius 1 is 1.11 bits per heavy atom. The van der Waals surface area contributed by atoms with Crippen LogP contribution in [0.3, 0.4) is 0 Å². The van der Waals surface area contributed by atoms with Gasteiger partial charge >= 0.3 is 5.97 Å². The quantitative estimate of drug-likeness (QED) is 0.606. The molecule has 0 aliphatic heterocycles. The van der Waals surface area contributed by atoms with Crippen LogP contribution in [-0.2, 0) is 4.79 Å². The second-order valence-corrected chi connectivity index (χ2v) is 6.23. The molecular weight excluding hydrogens is 370 g/mol. The Morgan fingerprint density at radius 2 is 1.78 bits per heavy atom. The predicted octanol–water partition coefficient (Wildman–Crippen LogP) is 2.76. The van der Waals surface area contributed by atoms with Crippen LogP contribution in [0.4, 0.5) is 0 Å². The first-order valence-electron chi connectivity index (χ1n) is 8.10. The van der Waals surface area contributed by atoms with Crippen molar-refractivity contribution in [3.05, 3.63) is 87.3 Å². The highest BCUT2D eigenvalue weighted by atomic mass is 35.5. The second kappa shape index (κ2) is 7.92. The summed E-state index contributed by atoms with van der Waals surface area (Å²) >= 11 is 6.14. The monoisotopic (exact) mass is 385 g/mol. The van der Waals surface area contributed by atoms with E-state index in [1.54, 1.807) is 48.5 Å². The van der Waals surface area contributed by atoms with E-state index in [0.29, 0.717) is 16.3 Å². The number of amides is 1. The number of nitrogens with one attached hydrogen (secondary N) is 2. The molecular formula is C19H16ClN3O4. The van der Waals surface area contributed by atoms with Gasteiger partial charge in [-0.3, -0.25) is 19.5 Å². The molecule has 1 unspecified atom stereocenters. The fourth-order valence-electron chi connectivity index (χ4n) is 2.69. The van der Waals surface area contributed by atoms with Gasteiger partial charge < -0.3 is 10.4 Å². The molecule has 7 nitrogen and oxygen atoms in total. The summed E-state index contributed by atoms with van der Waals surface area (Å²) in [6.45, 7) is 0. The van der Waals surface area contributed by atoms with E-state index in [0.717, 1.165) is 6.07 Å². The number of halogens is 1. The number of rotatable bonds is 6. The Hall–Kier alpha value is -3.32. The number of carboxylic acids is 1. The van der Waals surface area contributed by atoms with Crippen LogP contribution in [0.5, 0.6) is 0 Å². The zero-order chi connectivity index (χ0) is 19.4. The van der Waals surface area contributed by atoms with Gasteiger partial charge in [-0.1, -0.05) is 48.0 Å². The van der Waals surface area contributed by atoms with E-state index in [-0.39, 0.29) is 12.1 Å². The third-order valence-electron chi connectivity index (χ3n) is 3.94. The number of carbonyl (C=O) groups is 2. The summed E-state index contributed by atoms with van der Waals surface area (Å²) in [7, 11) is 0. The smallest absolute Gasteiger partial charge is 0.305 e. The van der Waals surface area contributed by atoms with Crippen LogP contribution < -0.4 is 10.9 Å². The normalized spacial score (nSPS) is 11.7. The highest BCUT2D eigenvalue weighted by Gasteiger charge is 2.22. The molecule has 0 spiro atoms. The van der Waals surface area contributed by atoms with Crippen molar-refractivity contribution in [2.45, 2.75) is 12.5 Å². The standard InChI is InChI=1S/C19H16ClN3O4/c20-14-9-5-4-8-13(14)15(11-18(25)26)21-19(27)16-10-17(24)23(22-16)12-6-2-1-3-7-12/h1-10,15,22H,11H2,(H,21,27)(H,25,26). The molecule has 27 heavy (non-hydrogen) atoms. The molecule has 0 radical (unpaired) electrons. The number of hydrogen-bond donors (Lipinski definition) is 3. The molecule has 0 saturated carbocycles. The third kappa shape index (κ3) is 4.27. The summed E-state index contributed by atoms with van der Waals surface area (Å²) in [6.07, 6.45) is -0.348. The van der Waals surface area contributed by atoms with Crippen molar-refractivity contribution in [1.82, 2.24) is 15.1 Å². The lowest BCUT2D eigenvalue weighted by molar-refractivity contribution is -0.137. The Bertz CT molecular complexity index is 1030. The van der Waals surface area contributed by atoms with E-state index in [4.69, 9.17) is 16.7 Å². The SMILES string of the molecule is O=C(O)CC(NC(=O)c1cc(=O)n(-c2ccccc2)[nH]1)c1ccccc1Cl. The minimum Gasteiger partial charge on any atom is -0.481 e. The molecule has 0 aliphatic carbocycles. The predicted molar refractivity (Wildman–Crippen MR) is 100 cm³/mol. The summed E-state index contributed by atoms with van der Waals surface area (Å²) in [5.41, 5.74) is 0.680. The number of aliphatic carboxylic acids is 1. The zero-order valence-corrected chi connectivity index (χ0v) is 14.8. The number of carboxylic acid groups (broad SMARTS) is 1. The second-order valence-electron chi connectivity index (χ2n) is 5.82. The van der Waals surface area contributed by atoms with Crippen LogP contribution >= 0.6 is 11.6 Å². The molecule has 2 aromatic carbocycles. The Labute approximate surface area is 159 Å². The lowest BCUT2D eigenvalue weighted by Crippen LogP contribution is -2.30. The number of carbonyl (C=O) groups excluding carboxylic acids is 1. The van der Waals surface area contributed by atoms with E-state index >= 15 is 0 Å². The van der Waals surface area contributed by atoms with Crippen LogP contribution in [0.15, 0.2) is 65.5 Å². The minimum atomic E-state index is -1.09. The number of hydrogen-bond acceptors (Lipinski definition) is 3. The van der Waals surface area contributed by atoms with Crippen molar-refractivity contribution in [2.75, 3.05) is 0 Å². The van der Waals surface area contributed by atoms with Crippen LogP contribution in [0.25, 0.3) is 5.69 Å². The van der Waals surface area contributed by atoms with E-state index in [1.807, 2.05) is 6.07 Å². The highest BCUT2D eigenvalue weighted by Crippen LogP contribution is 2.25. The largest absolute Gasteiger partial charge is 0.481 e. The summed E-state index contributed by atoms with van der Waals surface area (Å²) in [4.78, 5) is 36.0.